The van der Waals surface area contributed by atoms with Crippen LogP contribution < -0.4 is 16.6 Å². The highest BCUT2D eigenvalue weighted by Crippen LogP contribution is 2.06. The number of amides is 1. The number of aryl methyl sites for hydroxylation is 2. The van der Waals surface area contributed by atoms with Crippen LogP contribution in [0.1, 0.15) is 26.2 Å². The van der Waals surface area contributed by atoms with Crippen LogP contribution in [0.5, 0.6) is 0 Å². The van der Waals surface area contributed by atoms with E-state index in [1.807, 2.05) is 6.92 Å². The van der Waals surface area contributed by atoms with Gasteiger partial charge in [0.25, 0.3) is 5.56 Å². The number of hydrogen-bond acceptors (Lipinski definition) is 5. The quantitative estimate of drug-likeness (QED) is 0.672. The van der Waals surface area contributed by atoms with Gasteiger partial charge in [-0.15, -0.1) is 0 Å². The molecule has 136 valence electrons. The van der Waals surface area contributed by atoms with Crippen LogP contribution in [-0.2, 0) is 30.2 Å². The van der Waals surface area contributed by atoms with Gasteiger partial charge >= 0.3 is 11.7 Å². The highest BCUT2D eigenvalue weighted by Gasteiger charge is 2.19. The molecule has 1 unspecified atom stereocenters. The summed E-state index contributed by atoms with van der Waals surface area (Å²) >= 11 is 0. The molecule has 2 rings (SSSR count). The molecule has 0 aliphatic heterocycles. The van der Waals surface area contributed by atoms with Crippen molar-refractivity contribution in [1.82, 2.24) is 24.0 Å². The summed E-state index contributed by atoms with van der Waals surface area (Å²) in [6.07, 6.45) is 2.36. The normalized spacial score (nSPS) is 12.3. The second-order valence-electron chi connectivity index (χ2n) is 5.81. The second kappa shape index (κ2) is 7.32. The molecule has 0 aliphatic rings. The number of nitrogens with zero attached hydrogens (tertiary/aromatic N) is 4. The van der Waals surface area contributed by atoms with E-state index in [1.165, 1.54) is 29.6 Å². The van der Waals surface area contributed by atoms with E-state index in [0.29, 0.717) is 12.8 Å². The number of hydrogen-bond donors (Lipinski definition) is 2. The highest BCUT2D eigenvalue weighted by molar-refractivity contribution is 5.83. The molecule has 25 heavy (non-hydrogen) atoms. The van der Waals surface area contributed by atoms with E-state index in [0.717, 1.165) is 4.57 Å². The summed E-state index contributed by atoms with van der Waals surface area (Å²) in [7, 11) is 2.88. The number of carboxylic acid groups (broad SMARTS) is 1. The summed E-state index contributed by atoms with van der Waals surface area (Å²) in [5.41, 5.74) is -0.515. The second-order valence-corrected chi connectivity index (χ2v) is 5.81. The van der Waals surface area contributed by atoms with Gasteiger partial charge < -0.3 is 15.0 Å². The van der Waals surface area contributed by atoms with Crippen molar-refractivity contribution in [2.24, 2.45) is 14.1 Å². The molecule has 0 saturated heterocycles. The van der Waals surface area contributed by atoms with Crippen LogP contribution >= 0.6 is 0 Å². The molecule has 0 bridgehead atoms. The van der Waals surface area contributed by atoms with Crippen LogP contribution in [0.15, 0.2) is 15.9 Å². The van der Waals surface area contributed by atoms with E-state index in [9.17, 15) is 19.2 Å². The van der Waals surface area contributed by atoms with Gasteiger partial charge in [-0.2, -0.15) is 0 Å². The van der Waals surface area contributed by atoms with Crippen molar-refractivity contribution in [2.75, 3.05) is 0 Å². The Kier molecular flexibility index (Phi) is 5.40. The van der Waals surface area contributed by atoms with Gasteiger partial charge in [0.15, 0.2) is 11.2 Å². The van der Waals surface area contributed by atoms with E-state index < -0.39 is 29.2 Å². The monoisotopic (exact) mass is 351 g/mol. The van der Waals surface area contributed by atoms with Gasteiger partial charge in [0.2, 0.25) is 5.91 Å². The van der Waals surface area contributed by atoms with Crippen LogP contribution in [0.2, 0.25) is 0 Å². The van der Waals surface area contributed by atoms with E-state index in [2.05, 4.69) is 10.3 Å². The molecule has 2 aromatic heterocycles. The lowest BCUT2D eigenvalue weighted by molar-refractivity contribution is -0.142. The van der Waals surface area contributed by atoms with Crippen LogP contribution in [-0.4, -0.2) is 41.7 Å². The Labute approximate surface area is 142 Å². The number of aliphatic carboxylic acids is 1. The fourth-order valence-corrected chi connectivity index (χ4v) is 2.60. The third kappa shape index (κ3) is 3.62. The SMILES string of the molecule is CCCC(NC(=O)CCn1cnc2c1c(=O)n(C)c(=O)n2C)C(=O)O. The van der Waals surface area contributed by atoms with Crippen molar-refractivity contribution in [3.8, 4) is 0 Å². The molecule has 0 aromatic carbocycles. The van der Waals surface area contributed by atoms with Gasteiger partial charge in [-0.3, -0.25) is 18.7 Å². The van der Waals surface area contributed by atoms with E-state index in [1.54, 1.807) is 0 Å². The number of carboxylic acids is 1. The molecule has 0 spiro atoms. The number of nitrogens with one attached hydrogen (secondary N) is 1. The van der Waals surface area contributed by atoms with E-state index in [4.69, 9.17) is 5.11 Å². The predicted molar refractivity (Wildman–Crippen MR) is 89.3 cm³/mol. The number of rotatable bonds is 7. The lowest BCUT2D eigenvalue weighted by Crippen LogP contribution is -2.41. The lowest BCUT2D eigenvalue weighted by atomic mass is 10.1. The Balaban J connectivity index is 2.19. The molecule has 2 aromatic rings. The summed E-state index contributed by atoms with van der Waals surface area (Å²) in [5.74, 6) is -1.50. The average Bonchev–Trinajstić information content (AvgIpc) is 2.99. The first-order valence-corrected chi connectivity index (χ1v) is 7.91. The summed E-state index contributed by atoms with van der Waals surface area (Å²) in [6, 6.07) is -0.925. The number of imidazole rings is 1. The van der Waals surface area contributed by atoms with Crippen molar-refractivity contribution in [1.29, 1.82) is 0 Å². The maximum atomic E-state index is 12.3. The molecule has 0 saturated carbocycles. The smallest absolute Gasteiger partial charge is 0.332 e. The Bertz CT molecular complexity index is 923. The standard InChI is InChI=1S/C15H21N5O5/c1-4-5-9(14(23)24)17-10(21)6-7-20-8-16-12-11(20)13(22)19(3)15(25)18(12)2/h8-9H,4-7H2,1-3H3,(H,17,21)(H,23,24). The average molecular weight is 351 g/mol. The van der Waals surface area contributed by atoms with Crippen LogP contribution in [0.25, 0.3) is 11.2 Å². The lowest BCUT2D eigenvalue weighted by Gasteiger charge is -2.13. The van der Waals surface area contributed by atoms with Gasteiger partial charge in [-0.05, 0) is 6.42 Å². The first-order chi connectivity index (χ1) is 11.8. The minimum atomic E-state index is -1.08. The third-order valence-corrected chi connectivity index (χ3v) is 4.01. The summed E-state index contributed by atoms with van der Waals surface area (Å²) in [5, 5.41) is 11.5. The van der Waals surface area contributed by atoms with Crippen molar-refractivity contribution in [3.63, 3.8) is 0 Å². The van der Waals surface area contributed by atoms with Crippen molar-refractivity contribution in [3.05, 3.63) is 27.2 Å². The Hall–Kier alpha value is -2.91. The van der Waals surface area contributed by atoms with Gasteiger partial charge in [0, 0.05) is 27.1 Å². The van der Waals surface area contributed by atoms with Crippen molar-refractivity contribution >= 4 is 23.0 Å². The van der Waals surface area contributed by atoms with Gasteiger partial charge in [-0.1, -0.05) is 13.3 Å². The largest absolute Gasteiger partial charge is 0.480 e. The Morgan fingerprint density at radius 3 is 2.56 bits per heavy atom. The number of fused-ring (bicyclic) bond motifs is 1. The molecule has 1 amide bonds. The molecule has 10 nitrogen and oxygen atoms in total. The van der Waals surface area contributed by atoms with E-state index in [-0.39, 0.29) is 24.1 Å². The van der Waals surface area contributed by atoms with Crippen molar-refractivity contribution < 1.29 is 14.7 Å². The van der Waals surface area contributed by atoms with Crippen LogP contribution in [0, 0.1) is 0 Å². The topological polar surface area (TPSA) is 128 Å². The maximum absolute atomic E-state index is 12.3. The Morgan fingerprint density at radius 2 is 1.96 bits per heavy atom. The maximum Gasteiger partial charge on any atom is 0.332 e. The highest BCUT2D eigenvalue weighted by atomic mass is 16.4. The van der Waals surface area contributed by atoms with Gasteiger partial charge in [0.05, 0.1) is 6.33 Å². The minimum absolute atomic E-state index is 0.00898. The van der Waals surface area contributed by atoms with E-state index >= 15 is 0 Å². The zero-order valence-corrected chi connectivity index (χ0v) is 14.4. The summed E-state index contributed by atoms with van der Waals surface area (Å²) in [4.78, 5) is 51.3. The fourth-order valence-electron chi connectivity index (χ4n) is 2.60. The minimum Gasteiger partial charge on any atom is -0.480 e. The first kappa shape index (κ1) is 18.4. The molecular formula is C15H21N5O5. The van der Waals surface area contributed by atoms with Crippen LogP contribution in [0.3, 0.4) is 0 Å². The van der Waals surface area contributed by atoms with Crippen molar-refractivity contribution in [2.45, 2.75) is 38.8 Å². The molecule has 0 radical (unpaired) electrons. The number of aromatic nitrogens is 4. The molecule has 2 N–H and O–H groups in total. The predicted octanol–water partition coefficient (Wildman–Crippen LogP) is -0.807. The Morgan fingerprint density at radius 1 is 1.28 bits per heavy atom. The first-order valence-electron chi connectivity index (χ1n) is 7.91. The third-order valence-electron chi connectivity index (χ3n) is 4.01. The zero-order valence-electron chi connectivity index (χ0n) is 14.4. The summed E-state index contributed by atoms with van der Waals surface area (Å²) in [6.45, 7) is 1.98. The summed E-state index contributed by atoms with van der Waals surface area (Å²) < 4.78 is 3.73. The molecule has 1 atom stereocenters. The fraction of sp³-hybridized carbons (Fsp3) is 0.533. The molecule has 0 aliphatic carbocycles. The number of carbonyl (C=O) groups excluding carboxylic acids is 1. The molecular weight excluding hydrogens is 330 g/mol. The molecule has 2 heterocycles. The molecule has 10 heteroatoms. The zero-order chi connectivity index (χ0) is 18.7. The van der Waals surface area contributed by atoms with Gasteiger partial charge in [0.1, 0.15) is 6.04 Å². The molecule has 0 fully saturated rings. The number of carbonyl (C=O) groups is 2. The van der Waals surface area contributed by atoms with Gasteiger partial charge in [-0.25, -0.2) is 14.6 Å². The van der Waals surface area contributed by atoms with Crippen LogP contribution in [0.4, 0.5) is 0 Å².